The first kappa shape index (κ1) is 32.2. The summed E-state index contributed by atoms with van der Waals surface area (Å²) in [6.07, 6.45) is 19.5. The van der Waals surface area contributed by atoms with Crippen molar-refractivity contribution in [1.29, 1.82) is 0 Å². The summed E-state index contributed by atoms with van der Waals surface area (Å²) in [5.41, 5.74) is 0. The Morgan fingerprint density at radius 3 is 1.34 bits per heavy atom. The summed E-state index contributed by atoms with van der Waals surface area (Å²) >= 11 is 0. The second-order valence-electron chi connectivity index (χ2n) is 10.8. The fourth-order valence-corrected chi connectivity index (χ4v) is 5.40. The number of unbranched alkanes of at least 4 members (excludes halogenated alkanes) is 12. The molecule has 0 heterocycles. The number of hydrogen-bond donors (Lipinski definition) is 0. The van der Waals surface area contributed by atoms with Gasteiger partial charge in [0.15, 0.2) is 0 Å². The Balaban J connectivity index is 2.21. The molecule has 5 heteroatoms. The van der Waals surface area contributed by atoms with Crippen LogP contribution in [0.3, 0.4) is 0 Å². The number of para-hydroxylation sites is 1. The topological polar surface area (TPSA) is 44.8 Å². The van der Waals surface area contributed by atoms with Gasteiger partial charge in [0.1, 0.15) is 5.75 Å². The van der Waals surface area contributed by atoms with Gasteiger partial charge in [-0.1, -0.05) is 136 Å². The molecule has 0 radical (unpaired) electrons. The molecule has 0 fully saturated rings. The lowest BCUT2D eigenvalue weighted by atomic mass is 10.0. The average Bonchev–Trinajstić information content (AvgIpc) is 2.82. The largest absolute Gasteiger partial charge is 0.530 e. The van der Waals surface area contributed by atoms with Crippen LogP contribution in [0.1, 0.15) is 130 Å². The predicted octanol–water partition coefficient (Wildman–Crippen LogP) is 10.8. The lowest BCUT2D eigenvalue weighted by Crippen LogP contribution is -2.05. The molecule has 0 spiro atoms. The number of hydrogen-bond acceptors (Lipinski definition) is 4. The lowest BCUT2D eigenvalue weighted by Gasteiger charge is -2.18. The van der Waals surface area contributed by atoms with Crippen LogP contribution < -0.4 is 4.52 Å². The van der Waals surface area contributed by atoms with E-state index < -0.39 is 7.82 Å². The first-order valence-electron chi connectivity index (χ1n) is 14.5. The Morgan fingerprint density at radius 1 is 0.571 bits per heavy atom. The third kappa shape index (κ3) is 20.0. The monoisotopic (exact) mass is 510 g/mol. The number of phosphoric acid groups is 1. The van der Waals surface area contributed by atoms with Crippen LogP contribution in [0.2, 0.25) is 0 Å². The van der Waals surface area contributed by atoms with Gasteiger partial charge in [-0.3, -0.25) is 9.05 Å². The highest BCUT2D eigenvalue weighted by Crippen LogP contribution is 2.49. The van der Waals surface area contributed by atoms with Gasteiger partial charge in [-0.15, -0.1) is 0 Å². The third-order valence-electron chi connectivity index (χ3n) is 6.31. The number of benzene rings is 1. The molecule has 0 bridgehead atoms. The van der Waals surface area contributed by atoms with Crippen LogP contribution in [0, 0.1) is 11.8 Å². The molecule has 0 atom stereocenters. The molecule has 0 aromatic heterocycles. The minimum absolute atomic E-state index is 0.411. The Morgan fingerprint density at radius 2 is 0.943 bits per heavy atom. The molecule has 1 aromatic rings. The molecule has 0 aliphatic carbocycles. The van der Waals surface area contributed by atoms with Crippen molar-refractivity contribution in [2.75, 3.05) is 13.2 Å². The molecule has 0 aliphatic rings. The Hall–Kier alpha value is -0.830. The summed E-state index contributed by atoms with van der Waals surface area (Å²) in [6, 6.07) is 9.21. The van der Waals surface area contributed by atoms with E-state index in [9.17, 15) is 4.57 Å². The smallest absolute Gasteiger partial charge is 0.404 e. The molecule has 0 saturated heterocycles. The van der Waals surface area contributed by atoms with Crippen molar-refractivity contribution in [2.24, 2.45) is 11.8 Å². The van der Waals surface area contributed by atoms with Gasteiger partial charge in [0.25, 0.3) is 0 Å². The standard InChI is InChI=1S/C30H55O4P/c1-28(2)22-16-11-7-5-9-13-20-26-32-35(31,34-30-24-18-15-19-25-30)33-27-21-14-10-6-8-12-17-23-29(3)4/h15,18-19,24-25,28-29H,5-14,16-17,20-23,26-27H2,1-4H3. The SMILES string of the molecule is CC(C)CCCCCCCCCOP(=O)(OCCCCCCCCCC(C)C)Oc1ccccc1. The van der Waals surface area contributed by atoms with Crippen molar-refractivity contribution >= 4 is 7.82 Å². The maximum Gasteiger partial charge on any atom is 0.530 e. The van der Waals surface area contributed by atoms with E-state index >= 15 is 0 Å². The average molecular weight is 511 g/mol. The van der Waals surface area contributed by atoms with Gasteiger partial charge in [0, 0.05) is 0 Å². The zero-order valence-corrected chi connectivity index (χ0v) is 24.2. The Kier molecular flexibility index (Phi) is 19.6. The minimum Gasteiger partial charge on any atom is -0.404 e. The highest BCUT2D eigenvalue weighted by atomic mass is 31.2. The molecule has 1 aromatic carbocycles. The van der Waals surface area contributed by atoms with Crippen LogP contribution in [-0.4, -0.2) is 13.2 Å². The second-order valence-corrected chi connectivity index (χ2v) is 12.4. The number of rotatable bonds is 24. The highest BCUT2D eigenvalue weighted by molar-refractivity contribution is 7.48. The van der Waals surface area contributed by atoms with Crippen molar-refractivity contribution in [2.45, 2.75) is 130 Å². The molecule has 1 rings (SSSR count). The van der Waals surface area contributed by atoms with Gasteiger partial charge in [-0.2, -0.15) is 0 Å². The van der Waals surface area contributed by atoms with Crippen LogP contribution in [-0.2, 0) is 13.6 Å². The maximum atomic E-state index is 13.2. The number of phosphoric ester groups is 1. The van der Waals surface area contributed by atoms with Crippen LogP contribution >= 0.6 is 7.82 Å². The first-order chi connectivity index (χ1) is 16.9. The van der Waals surface area contributed by atoms with E-state index in [4.69, 9.17) is 13.6 Å². The summed E-state index contributed by atoms with van der Waals surface area (Å²) < 4.78 is 30.4. The van der Waals surface area contributed by atoms with E-state index in [1.165, 1.54) is 77.0 Å². The van der Waals surface area contributed by atoms with Crippen molar-refractivity contribution in [3.63, 3.8) is 0 Å². The maximum absolute atomic E-state index is 13.2. The van der Waals surface area contributed by atoms with Crippen molar-refractivity contribution in [3.8, 4) is 5.75 Å². The van der Waals surface area contributed by atoms with Crippen LogP contribution in [0.25, 0.3) is 0 Å². The normalized spacial score (nSPS) is 12.1. The van der Waals surface area contributed by atoms with Crippen molar-refractivity contribution in [1.82, 2.24) is 0 Å². The van der Waals surface area contributed by atoms with E-state index in [0.29, 0.717) is 19.0 Å². The quantitative estimate of drug-likeness (QED) is 0.102. The van der Waals surface area contributed by atoms with E-state index in [-0.39, 0.29) is 0 Å². The molecule has 0 aliphatic heterocycles. The van der Waals surface area contributed by atoms with Gasteiger partial charge in [0.05, 0.1) is 13.2 Å². The molecule has 0 unspecified atom stereocenters. The zero-order chi connectivity index (χ0) is 25.6. The minimum atomic E-state index is -3.60. The molecular weight excluding hydrogens is 455 g/mol. The summed E-state index contributed by atoms with van der Waals surface area (Å²) in [7, 11) is -3.60. The molecule has 0 N–H and O–H groups in total. The molecule has 0 amide bonds. The van der Waals surface area contributed by atoms with Crippen molar-refractivity contribution < 1.29 is 18.1 Å². The summed E-state index contributed by atoms with van der Waals surface area (Å²) in [4.78, 5) is 0. The van der Waals surface area contributed by atoms with E-state index in [1.807, 2.05) is 18.2 Å². The van der Waals surface area contributed by atoms with Gasteiger partial charge < -0.3 is 4.52 Å². The Bertz CT molecular complexity index is 601. The predicted molar refractivity (Wildman–Crippen MR) is 150 cm³/mol. The zero-order valence-electron chi connectivity index (χ0n) is 23.3. The Labute approximate surface area is 217 Å². The third-order valence-corrected chi connectivity index (χ3v) is 7.74. The molecule has 35 heavy (non-hydrogen) atoms. The van der Waals surface area contributed by atoms with E-state index in [2.05, 4.69) is 27.7 Å². The molecular formula is C30H55O4P. The molecule has 0 saturated carbocycles. The summed E-state index contributed by atoms with van der Waals surface area (Å²) in [5, 5.41) is 0. The van der Waals surface area contributed by atoms with E-state index in [1.54, 1.807) is 12.1 Å². The fraction of sp³-hybridized carbons (Fsp3) is 0.800. The summed E-state index contributed by atoms with van der Waals surface area (Å²) in [6.45, 7) is 9.99. The highest BCUT2D eigenvalue weighted by Gasteiger charge is 2.28. The van der Waals surface area contributed by atoms with Crippen LogP contribution in [0.15, 0.2) is 30.3 Å². The van der Waals surface area contributed by atoms with Gasteiger partial charge in [-0.05, 0) is 36.8 Å². The van der Waals surface area contributed by atoms with Gasteiger partial charge >= 0.3 is 7.82 Å². The fourth-order valence-electron chi connectivity index (χ4n) is 4.13. The lowest BCUT2D eigenvalue weighted by molar-refractivity contribution is 0.150. The van der Waals surface area contributed by atoms with Crippen molar-refractivity contribution in [3.05, 3.63) is 30.3 Å². The summed E-state index contributed by atoms with van der Waals surface area (Å²) in [5.74, 6) is 2.15. The second kappa shape index (κ2) is 21.3. The van der Waals surface area contributed by atoms with Crippen LogP contribution in [0.4, 0.5) is 0 Å². The first-order valence-corrected chi connectivity index (χ1v) is 16.0. The van der Waals surface area contributed by atoms with Crippen LogP contribution in [0.5, 0.6) is 5.75 Å². The molecule has 4 nitrogen and oxygen atoms in total. The van der Waals surface area contributed by atoms with Gasteiger partial charge in [0.2, 0.25) is 0 Å². The van der Waals surface area contributed by atoms with Gasteiger partial charge in [-0.25, -0.2) is 4.57 Å². The van der Waals surface area contributed by atoms with E-state index in [0.717, 1.165) is 37.5 Å². The molecule has 204 valence electrons.